The van der Waals surface area contributed by atoms with Crippen LogP contribution >= 0.6 is 0 Å². The second-order valence-electron chi connectivity index (χ2n) is 4.84. The second-order valence-corrected chi connectivity index (χ2v) is 4.84. The molecule has 1 amide bonds. The fraction of sp³-hybridized carbons (Fsp3) is 0.438. The molecule has 3 nitrogen and oxygen atoms in total. The van der Waals surface area contributed by atoms with Crippen molar-refractivity contribution >= 4 is 5.91 Å². The molecule has 1 rings (SSSR count). The molecule has 0 saturated carbocycles. The maximum Gasteiger partial charge on any atom is 0.252 e. The zero-order valence-corrected chi connectivity index (χ0v) is 12.2. The lowest BCUT2D eigenvalue weighted by Crippen LogP contribution is -2.37. The normalized spacial score (nSPS) is 13.1. The van der Waals surface area contributed by atoms with Crippen LogP contribution in [0.2, 0.25) is 0 Å². The van der Waals surface area contributed by atoms with Crippen LogP contribution in [0.25, 0.3) is 0 Å². The molecule has 0 heterocycles. The largest absolute Gasteiger partial charge is 0.349 e. The van der Waals surface area contributed by atoms with Crippen LogP contribution < -0.4 is 11.1 Å². The van der Waals surface area contributed by atoms with Gasteiger partial charge in [-0.15, -0.1) is 0 Å². The first kappa shape index (κ1) is 16.2. The Bertz CT molecular complexity index is 531. The highest BCUT2D eigenvalue weighted by atomic mass is 19.1. The smallest absolute Gasteiger partial charge is 0.252 e. The molecule has 0 spiro atoms. The van der Waals surface area contributed by atoms with Gasteiger partial charge in [-0.2, -0.15) is 0 Å². The summed E-state index contributed by atoms with van der Waals surface area (Å²) < 4.78 is 13.3. The first-order valence-electron chi connectivity index (χ1n) is 6.79. The summed E-state index contributed by atoms with van der Waals surface area (Å²) in [6, 6.07) is 4.01. The van der Waals surface area contributed by atoms with Gasteiger partial charge in [0.2, 0.25) is 0 Å². The molecule has 3 N–H and O–H groups in total. The van der Waals surface area contributed by atoms with Gasteiger partial charge in [-0.05, 0) is 31.0 Å². The Hall–Kier alpha value is -1.86. The summed E-state index contributed by atoms with van der Waals surface area (Å²) in [7, 11) is 0. The minimum atomic E-state index is -0.454. The molecule has 0 aliphatic heterocycles. The summed E-state index contributed by atoms with van der Waals surface area (Å²) >= 11 is 0. The van der Waals surface area contributed by atoms with Crippen molar-refractivity contribution in [2.75, 3.05) is 6.54 Å². The van der Waals surface area contributed by atoms with Crippen molar-refractivity contribution in [3.8, 4) is 11.8 Å². The van der Waals surface area contributed by atoms with E-state index in [9.17, 15) is 9.18 Å². The molecule has 4 heteroatoms. The van der Waals surface area contributed by atoms with E-state index in [0.29, 0.717) is 11.5 Å². The van der Waals surface area contributed by atoms with Crippen molar-refractivity contribution in [2.45, 2.75) is 33.2 Å². The Labute approximate surface area is 119 Å². The zero-order valence-electron chi connectivity index (χ0n) is 12.2. The van der Waals surface area contributed by atoms with E-state index in [1.54, 1.807) is 0 Å². The van der Waals surface area contributed by atoms with E-state index in [1.165, 1.54) is 18.2 Å². The minimum absolute atomic E-state index is 0.0195. The standard InChI is InChI=1S/C16H21FN2O/c1-4-11(2)12(3)19-16(20)15-10-14(17)8-7-13(15)6-5-9-18/h7-8,10-12H,4,9,18H2,1-3H3,(H,19,20). The first-order chi connectivity index (χ1) is 9.49. The fourth-order valence-corrected chi connectivity index (χ4v) is 1.74. The highest BCUT2D eigenvalue weighted by molar-refractivity contribution is 5.96. The maximum atomic E-state index is 13.3. The Balaban J connectivity index is 2.99. The number of rotatable bonds is 4. The Morgan fingerprint density at radius 2 is 2.15 bits per heavy atom. The van der Waals surface area contributed by atoms with E-state index in [2.05, 4.69) is 31.0 Å². The van der Waals surface area contributed by atoms with Gasteiger partial charge in [0, 0.05) is 11.6 Å². The number of carbonyl (C=O) groups excluding carboxylic acids is 1. The Morgan fingerprint density at radius 3 is 2.75 bits per heavy atom. The van der Waals surface area contributed by atoms with Gasteiger partial charge in [0.05, 0.1) is 12.1 Å². The summed E-state index contributed by atoms with van der Waals surface area (Å²) in [6.07, 6.45) is 0.963. The van der Waals surface area contributed by atoms with E-state index in [1.807, 2.05) is 6.92 Å². The van der Waals surface area contributed by atoms with Crippen LogP contribution in [0, 0.1) is 23.6 Å². The lowest BCUT2D eigenvalue weighted by atomic mass is 10.00. The third-order valence-electron chi connectivity index (χ3n) is 3.41. The molecule has 20 heavy (non-hydrogen) atoms. The van der Waals surface area contributed by atoms with E-state index >= 15 is 0 Å². The number of hydrogen-bond acceptors (Lipinski definition) is 2. The number of nitrogens with one attached hydrogen (secondary N) is 1. The van der Waals surface area contributed by atoms with Crippen molar-refractivity contribution in [3.63, 3.8) is 0 Å². The predicted molar refractivity (Wildman–Crippen MR) is 78.7 cm³/mol. The topological polar surface area (TPSA) is 55.1 Å². The third-order valence-corrected chi connectivity index (χ3v) is 3.41. The van der Waals surface area contributed by atoms with Gasteiger partial charge in [-0.1, -0.05) is 32.1 Å². The molecule has 0 fully saturated rings. The molecule has 1 aromatic rings. The average molecular weight is 276 g/mol. The van der Waals surface area contributed by atoms with Crippen LogP contribution in [0.5, 0.6) is 0 Å². The third kappa shape index (κ3) is 4.36. The van der Waals surface area contributed by atoms with Crippen LogP contribution in [0.1, 0.15) is 43.1 Å². The summed E-state index contributed by atoms with van der Waals surface area (Å²) in [6.45, 7) is 6.26. The van der Waals surface area contributed by atoms with Crippen molar-refractivity contribution < 1.29 is 9.18 Å². The highest BCUT2D eigenvalue weighted by Crippen LogP contribution is 2.13. The monoisotopic (exact) mass is 276 g/mol. The molecule has 108 valence electrons. The molecule has 0 aliphatic carbocycles. The summed E-state index contributed by atoms with van der Waals surface area (Å²) in [4.78, 5) is 12.2. The Morgan fingerprint density at radius 1 is 1.45 bits per heavy atom. The van der Waals surface area contributed by atoms with Gasteiger partial charge in [0.25, 0.3) is 5.91 Å². The molecule has 0 saturated heterocycles. The maximum absolute atomic E-state index is 13.3. The number of halogens is 1. The molecule has 0 bridgehead atoms. The minimum Gasteiger partial charge on any atom is -0.349 e. The quantitative estimate of drug-likeness (QED) is 0.829. The Kier molecular flexibility index (Phi) is 6.20. The second kappa shape index (κ2) is 7.66. The van der Waals surface area contributed by atoms with Gasteiger partial charge in [-0.3, -0.25) is 4.79 Å². The predicted octanol–water partition coefficient (Wildman–Crippen LogP) is 2.30. The van der Waals surface area contributed by atoms with Crippen LogP contribution in [-0.4, -0.2) is 18.5 Å². The molecular weight excluding hydrogens is 255 g/mol. The van der Waals surface area contributed by atoms with Gasteiger partial charge in [-0.25, -0.2) is 4.39 Å². The number of carbonyl (C=O) groups is 1. The number of nitrogens with two attached hydrogens (primary N) is 1. The lowest BCUT2D eigenvalue weighted by molar-refractivity contribution is 0.0927. The van der Waals surface area contributed by atoms with Gasteiger partial charge >= 0.3 is 0 Å². The fourth-order valence-electron chi connectivity index (χ4n) is 1.74. The molecule has 0 radical (unpaired) electrons. The number of hydrogen-bond donors (Lipinski definition) is 2. The summed E-state index contributed by atoms with van der Waals surface area (Å²) in [5.41, 5.74) is 6.07. The van der Waals surface area contributed by atoms with Crippen LogP contribution in [0.3, 0.4) is 0 Å². The van der Waals surface area contributed by atoms with Crippen molar-refractivity contribution in [1.29, 1.82) is 0 Å². The van der Waals surface area contributed by atoms with Gasteiger partial charge in [0.15, 0.2) is 0 Å². The molecule has 0 aromatic heterocycles. The highest BCUT2D eigenvalue weighted by Gasteiger charge is 2.17. The van der Waals surface area contributed by atoms with Crippen LogP contribution in [0.4, 0.5) is 4.39 Å². The molecular formula is C16H21FN2O. The van der Waals surface area contributed by atoms with Gasteiger partial charge in [0.1, 0.15) is 5.82 Å². The number of benzene rings is 1. The van der Waals surface area contributed by atoms with E-state index in [4.69, 9.17) is 5.73 Å². The van der Waals surface area contributed by atoms with Crippen LogP contribution in [-0.2, 0) is 0 Å². The van der Waals surface area contributed by atoms with E-state index < -0.39 is 5.82 Å². The zero-order chi connectivity index (χ0) is 15.1. The van der Waals surface area contributed by atoms with Crippen molar-refractivity contribution in [3.05, 3.63) is 35.1 Å². The van der Waals surface area contributed by atoms with Crippen molar-refractivity contribution in [2.24, 2.45) is 11.7 Å². The van der Waals surface area contributed by atoms with E-state index in [-0.39, 0.29) is 24.1 Å². The summed E-state index contributed by atoms with van der Waals surface area (Å²) in [5, 5.41) is 2.89. The molecule has 0 aliphatic rings. The molecule has 2 atom stereocenters. The molecule has 1 aromatic carbocycles. The number of amides is 1. The van der Waals surface area contributed by atoms with Crippen molar-refractivity contribution in [1.82, 2.24) is 5.32 Å². The summed E-state index contributed by atoms with van der Waals surface area (Å²) in [5.74, 6) is 5.07. The van der Waals surface area contributed by atoms with Crippen LogP contribution in [0.15, 0.2) is 18.2 Å². The van der Waals surface area contributed by atoms with E-state index in [0.717, 1.165) is 6.42 Å². The molecule has 2 unspecified atom stereocenters. The SMILES string of the molecule is CCC(C)C(C)NC(=O)c1cc(F)ccc1C#CCN. The first-order valence-corrected chi connectivity index (χ1v) is 6.79. The van der Waals surface area contributed by atoms with Gasteiger partial charge < -0.3 is 11.1 Å². The average Bonchev–Trinajstić information content (AvgIpc) is 2.44. The lowest BCUT2D eigenvalue weighted by Gasteiger charge is -2.20.